The van der Waals surface area contributed by atoms with E-state index in [1.54, 1.807) is 23.1 Å². The number of halogens is 3. The lowest BCUT2D eigenvalue weighted by Gasteiger charge is -2.43. The molecule has 4 rings (SSSR count). The summed E-state index contributed by atoms with van der Waals surface area (Å²) in [4.78, 5) is 27.6. The van der Waals surface area contributed by atoms with Gasteiger partial charge in [0.1, 0.15) is 5.54 Å². The van der Waals surface area contributed by atoms with Crippen molar-refractivity contribution in [2.45, 2.75) is 50.2 Å². The van der Waals surface area contributed by atoms with Crippen molar-refractivity contribution in [3.8, 4) is 6.07 Å². The second-order valence-electron chi connectivity index (χ2n) is 8.65. The summed E-state index contributed by atoms with van der Waals surface area (Å²) in [6.45, 7) is 1.88. The SMILES string of the molecule is CC(CC(N)=O)c1ccc(N2C(=S)N(c3ccc(C#N)c(C(F)(F)F)c3)C(=O)C23CCC3)cc1. The Bertz CT molecular complexity index is 1220. The normalized spacial score (nSPS) is 18.1. The number of hydrogen-bond donors (Lipinski definition) is 1. The molecule has 1 unspecified atom stereocenters. The molecule has 2 aromatic rings. The van der Waals surface area contributed by atoms with Crippen LogP contribution in [0.1, 0.15) is 55.2 Å². The maximum absolute atomic E-state index is 13.5. The first-order valence-electron chi connectivity index (χ1n) is 10.7. The highest BCUT2D eigenvalue weighted by atomic mass is 32.1. The van der Waals surface area contributed by atoms with Crippen LogP contribution in [-0.2, 0) is 15.8 Å². The van der Waals surface area contributed by atoms with Crippen LogP contribution in [0.3, 0.4) is 0 Å². The van der Waals surface area contributed by atoms with Gasteiger partial charge in [0.05, 0.1) is 22.9 Å². The second-order valence-corrected chi connectivity index (χ2v) is 9.01. The van der Waals surface area contributed by atoms with Crippen molar-refractivity contribution in [2.24, 2.45) is 5.73 Å². The number of nitrogens with zero attached hydrogens (tertiary/aromatic N) is 3. The number of benzene rings is 2. The zero-order valence-electron chi connectivity index (χ0n) is 18.2. The number of rotatable bonds is 5. The number of thiocarbonyl (C=S) groups is 1. The third-order valence-corrected chi connectivity index (χ3v) is 6.87. The van der Waals surface area contributed by atoms with Crippen LogP contribution in [0, 0.1) is 11.3 Å². The van der Waals surface area contributed by atoms with Gasteiger partial charge < -0.3 is 10.6 Å². The van der Waals surface area contributed by atoms with Gasteiger partial charge in [-0.05, 0) is 73.3 Å². The summed E-state index contributed by atoms with van der Waals surface area (Å²) in [6.07, 6.45) is -2.74. The van der Waals surface area contributed by atoms with E-state index in [-0.39, 0.29) is 29.0 Å². The first kappa shape index (κ1) is 23.7. The Labute approximate surface area is 199 Å². The van der Waals surface area contributed by atoms with Crippen LogP contribution < -0.4 is 15.5 Å². The molecule has 1 aliphatic heterocycles. The van der Waals surface area contributed by atoms with Crippen LogP contribution >= 0.6 is 12.2 Å². The van der Waals surface area contributed by atoms with Gasteiger partial charge >= 0.3 is 6.18 Å². The number of carbonyl (C=O) groups excluding carboxylic acids is 2. The molecular formula is C24H21F3N4O2S. The van der Waals surface area contributed by atoms with Crippen molar-refractivity contribution in [1.82, 2.24) is 0 Å². The quantitative estimate of drug-likeness (QED) is 0.623. The highest BCUT2D eigenvalue weighted by molar-refractivity contribution is 7.81. The molecule has 0 aromatic heterocycles. The number of primary amides is 1. The van der Waals surface area contributed by atoms with E-state index < -0.39 is 28.7 Å². The summed E-state index contributed by atoms with van der Waals surface area (Å²) in [6, 6.07) is 11.9. The lowest BCUT2D eigenvalue weighted by molar-refractivity contribution is -0.137. The lowest BCUT2D eigenvalue weighted by atomic mass is 9.75. The number of carbonyl (C=O) groups is 2. The van der Waals surface area contributed by atoms with Crippen LogP contribution in [0.4, 0.5) is 24.5 Å². The van der Waals surface area contributed by atoms with E-state index in [0.29, 0.717) is 18.5 Å². The smallest absolute Gasteiger partial charge is 0.370 e. The van der Waals surface area contributed by atoms with Gasteiger partial charge in [-0.3, -0.25) is 14.5 Å². The number of amides is 2. The molecule has 2 fully saturated rings. The van der Waals surface area contributed by atoms with Gasteiger partial charge in [0, 0.05) is 12.1 Å². The Hall–Kier alpha value is -3.45. The third-order valence-electron chi connectivity index (χ3n) is 6.51. The summed E-state index contributed by atoms with van der Waals surface area (Å²) >= 11 is 5.62. The summed E-state index contributed by atoms with van der Waals surface area (Å²) in [7, 11) is 0. The Balaban J connectivity index is 1.72. The monoisotopic (exact) mass is 486 g/mol. The number of anilines is 2. The number of nitrogens with two attached hydrogens (primary N) is 1. The van der Waals surface area contributed by atoms with Crippen molar-refractivity contribution >= 4 is 40.5 Å². The minimum Gasteiger partial charge on any atom is -0.370 e. The molecule has 1 heterocycles. The molecule has 1 saturated heterocycles. The van der Waals surface area contributed by atoms with Gasteiger partial charge in [-0.15, -0.1) is 0 Å². The zero-order valence-corrected chi connectivity index (χ0v) is 19.0. The highest BCUT2D eigenvalue weighted by Crippen LogP contribution is 2.48. The topological polar surface area (TPSA) is 90.4 Å². The summed E-state index contributed by atoms with van der Waals surface area (Å²) in [5, 5.41) is 9.17. The molecule has 34 heavy (non-hydrogen) atoms. The van der Waals surface area contributed by atoms with Crippen molar-refractivity contribution in [3.05, 3.63) is 59.2 Å². The standard InChI is InChI=1S/C24H21F3N4O2S/c1-14(11-20(29)32)15-3-6-17(7-4-15)31-22(34)30(21(33)23(31)9-2-10-23)18-8-5-16(13-28)19(12-18)24(25,26)27/h3-8,12,14H,2,9-11H2,1H3,(H2,29,32). The Morgan fingerprint density at radius 1 is 1.21 bits per heavy atom. The van der Waals surface area contributed by atoms with Crippen molar-refractivity contribution in [1.29, 1.82) is 5.26 Å². The van der Waals surface area contributed by atoms with E-state index in [4.69, 9.17) is 23.2 Å². The van der Waals surface area contributed by atoms with Gasteiger partial charge in [0.15, 0.2) is 5.11 Å². The molecule has 2 aromatic carbocycles. The molecule has 2 N–H and O–H groups in total. The molecule has 1 aliphatic carbocycles. The highest BCUT2D eigenvalue weighted by Gasteiger charge is 2.59. The molecule has 1 spiro atoms. The molecule has 0 bridgehead atoms. The largest absolute Gasteiger partial charge is 0.417 e. The zero-order chi connectivity index (χ0) is 24.8. The van der Waals surface area contributed by atoms with Crippen LogP contribution in [0.25, 0.3) is 0 Å². The molecule has 2 aliphatic rings. The Kier molecular flexibility index (Phi) is 5.85. The molecule has 2 amide bonds. The van der Waals surface area contributed by atoms with E-state index in [1.807, 2.05) is 19.1 Å². The summed E-state index contributed by atoms with van der Waals surface area (Å²) in [5.74, 6) is -0.882. The molecule has 176 valence electrons. The van der Waals surface area contributed by atoms with Gasteiger partial charge in [-0.1, -0.05) is 19.1 Å². The number of nitriles is 1. The fraction of sp³-hybridized carbons (Fsp3) is 0.333. The van der Waals surface area contributed by atoms with Crippen molar-refractivity contribution < 1.29 is 22.8 Å². The van der Waals surface area contributed by atoms with E-state index in [0.717, 1.165) is 29.0 Å². The molecule has 1 saturated carbocycles. The maximum atomic E-state index is 13.5. The summed E-state index contributed by atoms with van der Waals surface area (Å²) in [5.41, 5.74) is 4.20. The number of hydrogen-bond acceptors (Lipinski definition) is 4. The van der Waals surface area contributed by atoms with Gasteiger partial charge in [-0.2, -0.15) is 18.4 Å². The predicted octanol–water partition coefficient (Wildman–Crippen LogP) is 4.62. The predicted molar refractivity (Wildman–Crippen MR) is 124 cm³/mol. The van der Waals surface area contributed by atoms with Crippen molar-refractivity contribution in [2.75, 3.05) is 9.80 Å². The number of alkyl halides is 3. The molecule has 1 atom stereocenters. The van der Waals surface area contributed by atoms with Crippen LogP contribution in [0.5, 0.6) is 0 Å². The molecule has 10 heteroatoms. The first-order chi connectivity index (χ1) is 16.0. The first-order valence-corrected chi connectivity index (χ1v) is 11.1. The maximum Gasteiger partial charge on any atom is 0.417 e. The van der Waals surface area contributed by atoms with E-state index in [9.17, 15) is 22.8 Å². The molecular weight excluding hydrogens is 465 g/mol. The minimum atomic E-state index is -4.75. The average molecular weight is 487 g/mol. The van der Waals surface area contributed by atoms with Crippen LogP contribution in [0.2, 0.25) is 0 Å². The fourth-order valence-corrected chi connectivity index (χ4v) is 5.05. The lowest BCUT2D eigenvalue weighted by Crippen LogP contribution is -2.55. The average Bonchev–Trinajstić information content (AvgIpc) is 2.99. The van der Waals surface area contributed by atoms with Crippen LogP contribution in [0.15, 0.2) is 42.5 Å². The van der Waals surface area contributed by atoms with E-state index in [1.165, 1.54) is 6.07 Å². The van der Waals surface area contributed by atoms with Gasteiger partial charge in [0.2, 0.25) is 5.91 Å². The van der Waals surface area contributed by atoms with Crippen LogP contribution in [-0.4, -0.2) is 22.5 Å². The van der Waals surface area contributed by atoms with Gasteiger partial charge in [0.25, 0.3) is 5.91 Å². The van der Waals surface area contributed by atoms with E-state index >= 15 is 0 Å². The summed E-state index contributed by atoms with van der Waals surface area (Å²) < 4.78 is 40.6. The minimum absolute atomic E-state index is 0.0261. The second kappa shape index (κ2) is 8.40. The Morgan fingerprint density at radius 2 is 1.82 bits per heavy atom. The molecule has 6 nitrogen and oxygen atoms in total. The third kappa shape index (κ3) is 3.80. The molecule has 0 radical (unpaired) electrons. The van der Waals surface area contributed by atoms with Gasteiger partial charge in [-0.25, -0.2) is 0 Å². The fourth-order valence-electron chi connectivity index (χ4n) is 4.58. The Morgan fingerprint density at radius 3 is 2.32 bits per heavy atom. The van der Waals surface area contributed by atoms with Crippen molar-refractivity contribution in [3.63, 3.8) is 0 Å². The van der Waals surface area contributed by atoms with E-state index in [2.05, 4.69) is 0 Å².